The van der Waals surface area contributed by atoms with E-state index >= 15 is 0 Å². The number of anilines is 3. The zero-order chi connectivity index (χ0) is 16.8. The summed E-state index contributed by atoms with van der Waals surface area (Å²) in [6.07, 6.45) is 1.94. The van der Waals surface area contributed by atoms with Gasteiger partial charge in [0.25, 0.3) is 0 Å². The molecule has 3 rings (SSSR count). The first-order valence-corrected chi connectivity index (χ1v) is 7.36. The second-order valence-corrected chi connectivity index (χ2v) is 5.06. The molecule has 0 radical (unpaired) electrons. The number of ether oxygens (including phenoxy) is 1. The molecule has 120 valence electrons. The molecule has 0 aliphatic rings. The van der Waals surface area contributed by atoms with Crippen molar-refractivity contribution in [2.75, 3.05) is 11.1 Å². The van der Waals surface area contributed by atoms with Gasteiger partial charge in [-0.2, -0.15) is 0 Å². The van der Waals surface area contributed by atoms with Crippen molar-refractivity contribution in [2.45, 2.75) is 6.61 Å². The molecule has 6 heteroatoms. The lowest BCUT2D eigenvalue weighted by Gasteiger charge is -2.10. The predicted octanol–water partition coefficient (Wildman–Crippen LogP) is 3.19. The number of aromatic nitrogens is 2. The number of hydrogen-bond donors (Lipinski definition) is 2. The lowest BCUT2D eigenvalue weighted by atomic mass is 10.2. The van der Waals surface area contributed by atoms with Crippen molar-refractivity contribution < 1.29 is 9.53 Å². The molecule has 3 N–H and O–H groups in total. The van der Waals surface area contributed by atoms with E-state index in [2.05, 4.69) is 15.3 Å². The maximum Gasteiger partial charge on any atom is 0.157 e. The van der Waals surface area contributed by atoms with E-state index in [1.807, 2.05) is 54.6 Å². The fourth-order valence-electron chi connectivity index (χ4n) is 2.14. The topological polar surface area (TPSA) is 90.1 Å². The van der Waals surface area contributed by atoms with Gasteiger partial charge in [-0.25, -0.2) is 9.97 Å². The Bertz CT molecular complexity index is 820. The molecule has 6 nitrogen and oxygen atoms in total. The second-order valence-electron chi connectivity index (χ2n) is 5.06. The summed E-state index contributed by atoms with van der Waals surface area (Å²) < 4.78 is 5.73. The maximum atomic E-state index is 11.1. The Balaban J connectivity index is 1.67. The van der Waals surface area contributed by atoms with E-state index in [-0.39, 0.29) is 11.4 Å². The van der Waals surface area contributed by atoms with Gasteiger partial charge in [-0.1, -0.05) is 30.3 Å². The van der Waals surface area contributed by atoms with Crippen LogP contribution in [-0.2, 0) is 6.61 Å². The second kappa shape index (κ2) is 7.23. The third-order valence-electron chi connectivity index (χ3n) is 3.40. The minimum atomic E-state index is 0.144. The van der Waals surface area contributed by atoms with Crippen LogP contribution >= 0.6 is 0 Å². The summed E-state index contributed by atoms with van der Waals surface area (Å²) in [5, 5.41) is 3.05. The molecule has 0 unspecified atom stereocenters. The zero-order valence-corrected chi connectivity index (χ0v) is 12.8. The number of hydrogen-bond acceptors (Lipinski definition) is 6. The number of aldehydes is 1. The van der Waals surface area contributed by atoms with E-state index < -0.39 is 0 Å². The Kier molecular flexibility index (Phi) is 4.67. The molecule has 0 aliphatic carbocycles. The molecule has 0 amide bonds. The molecule has 2 aromatic carbocycles. The molecule has 0 aliphatic heterocycles. The van der Waals surface area contributed by atoms with Crippen LogP contribution in [0.2, 0.25) is 0 Å². The molecule has 3 aromatic rings. The summed E-state index contributed by atoms with van der Waals surface area (Å²) in [5.74, 6) is 1.27. The first-order valence-electron chi connectivity index (χ1n) is 7.36. The summed E-state index contributed by atoms with van der Waals surface area (Å²) >= 11 is 0. The van der Waals surface area contributed by atoms with Crippen LogP contribution in [0.25, 0.3) is 0 Å². The predicted molar refractivity (Wildman–Crippen MR) is 92.3 cm³/mol. The number of rotatable bonds is 6. The van der Waals surface area contributed by atoms with Crippen molar-refractivity contribution in [3.63, 3.8) is 0 Å². The summed E-state index contributed by atoms with van der Waals surface area (Å²) in [5.41, 5.74) is 7.77. The molecule has 0 spiro atoms. The normalized spacial score (nSPS) is 10.2. The van der Waals surface area contributed by atoms with Crippen LogP contribution in [0.1, 0.15) is 15.9 Å². The average molecular weight is 320 g/mol. The van der Waals surface area contributed by atoms with Crippen molar-refractivity contribution in [3.05, 3.63) is 72.1 Å². The average Bonchev–Trinajstić information content (AvgIpc) is 2.62. The van der Waals surface area contributed by atoms with Gasteiger partial charge in [0, 0.05) is 5.69 Å². The Morgan fingerprint density at radius 1 is 1.04 bits per heavy atom. The lowest BCUT2D eigenvalue weighted by molar-refractivity contribution is 0.112. The largest absolute Gasteiger partial charge is 0.489 e. The molecular formula is C18H16N4O2. The zero-order valence-electron chi connectivity index (χ0n) is 12.8. The molecule has 0 atom stereocenters. The standard InChI is InChI=1S/C18H16N4O2/c19-17-16(10-23)18(21-12-20-17)22-14-6-8-15(9-7-14)24-11-13-4-2-1-3-5-13/h1-10,12H,11H2,(H3,19,20,21,22). The number of nitrogen functional groups attached to an aromatic ring is 1. The van der Waals surface area contributed by atoms with Crippen LogP contribution in [0.15, 0.2) is 60.9 Å². The summed E-state index contributed by atoms with van der Waals surface area (Å²) in [4.78, 5) is 18.9. The van der Waals surface area contributed by atoms with Gasteiger partial charge in [0.05, 0.1) is 5.56 Å². The number of carbonyl (C=O) groups is 1. The Hall–Kier alpha value is -3.41. The van der Waals surface area contributed by atoms with Gasteiger partial charge in [-0.15, -0.1) is 0 Å². The summed E-state index contributed by atoms with van der Waals surface area (Å²) in [6.45, 7) is 0.505. The first-order chi connectivity index (χ1) is 11.8. The van der Waals surface area contributed by atoms with Gasteiger partial charge < -0.3 is 15.8 Å². The summed E-state index contributed by atoms with van der Waals surface area (Å²) in [7, 11) is 0. The van der Waals surface area contributed by atoms with Gasteiger partial charge >= 0.3 is 0 Å². The Morgan fingerprint density at radius 2 is 1.79 bits per heavy atom. The minimum Gasteiger partial charge on any atom is -0.489 e. The van der Waals surface area contributed by atoms with E-state index in [1.165, 1.54) is 6.33 Å². The van der Waals surface area contributed by atoms with Gasteiger partial charge in [-0.05, 0) is 29.8 Å². The van der Waals surface area contributed by atoms with Crippen LogP contribution in [-0.4, -0.2) is 16.3 Å². The molecule has 1 heterocycles. The smallest absolute Gasteiger partial charge is 0.157 e. The highest BCUT2D eigenvalue weighted by atomic mass is 16.5. The molecule has 0 bridgehead atoms. The van der Waals surface area contributed by atoms with E-state index in [9.17, 15) is 4.79 Å². The van der Waals surface area contributed by atoms with Gasteiger partial charge in [0.1, 0.15) is 30.3 Å². The van der Waals surface area contributed by atoms with E-state index in [0.29, 0.717) is 18.7 Å². The molecule has 0 fully saturated rings. The summed E-state index contributed by atoms with van der Waals surface area (Å²) in [6, 6.07) is 17.3. The molecule has 0 saturated heterocycles. The Labute approximate surface area is 139 Å². The third-order valence-corrected chi connectivity index (χ3v) is 3.40. The van der Waals surface area contributed by atoms with Crippen molar-refractivity contribution in [2.24, 2.45) is 0 Å². The van der Waals surface area contributed by atoms with E-state index in [0.717, 1.165) is 17.0 Å². The first kappa shape index (κ1) is 15.5. The lowest BCUT2D eigenvalue weighted by Crippen LogP contribution is -2.04. The van der Waals surface area contributed by atoms with Crippen LogP contribution in [0.3, 0.4) is 0 Å². The number of nitrogens with zero attached hydrogens (tertiary/aromatic N) is 2. The highest BCUT2D eigenvalue weighted by Crippen LogP contribution is 2.22. The SMILES string of the molecule is Nc1ncnc(Nc2ccc(OCc3ccccc3)cc2)c1C=O. The highest BCUT2D eigenvalue weighted by molar-refractivity contribution is 5.89. The molecular weight excluding hydrogens is 304 g/mol. The molecule has 24 heavy (non-hydrogen) atoms. The number of nitrogens with two attached hydrogens (primary N) is 1. The van der Waals surface area contributed by atoms with Crippen LogP contribution in [0.5, 0.6) is 5.75 Å². The third kappa shape index (κ3) is 3.67. The highest BCUT2D eigenvalue weighted by Gasteiger charge is 2.08. The number of benzene rings is 2. The van der Waals surface area contributed by atoms with Crippen molar-refractivity contribution >= 4 is 23.6 Å². The maximum absolute atomic E-state index is 11.1. The number of carbonyl (C=O) groups excluding carboxylic acids is 1. The van der Waals surface area contributed by atoms with Gasteiger partial charge in [0.15, 0.2) is 6.29 Å². The quantitative estimate of drug-likeness (QED) is 0.678. The van der Waals surface area contributed by atoms with Gasteiger partial charge in [-0.3, -0.25) is 4.79 Å². The van der Waals surface area contributed by atoms with Crippen molar-refractivity contribution in [1.29, 1.82) is 0 Å². The molecule has 0 saturated carbocycles. The van der Waals surface area contributed by atoms with Crippen molar-refractivity contribution in [1.82, 2.24) is 9.97 Å². The number of nitrogens with one attached hydrogen (secondary N) is 1. The van der Waals surface area contributed by atoms with E-state index in [4.69, 9.17) is 10.5 Å². The monoisotopic (exact) mass is 320 g/mol. The van der Waals surface area contributed by atoms with Crippen LogP contribution in [0, 0.1) is 0 Å². The minimum absolute atomic E-state index is 0.144. The fourth-order valence-corrected chi connectivity index (χ4v) is 2.14. The van der Waals surface area contributed by atoms with Crippen LogP contribution < -0.4 is 15.8 Å². The van der Waals surface area contributed by atoms with Crippen LogP contribution in [0.4, 0.5) is 17.3 Å². The van der Waals surface area contributed by atoms with E-state index in [1.54, 1.807) is 0 Å². The Morgan fingerprint density at radius 3 is 2.50 bits per heavy atom. The fraction of sp³-hybridized carbons (Fsp3) is 0.0556. The molecule has 1 aromatic heterocycles. The van der Waals surface area contributed by atoms with Gasteiger partial charge in [0.2, 0.25) is 0 Å². The van der Waals surface area contributed by atoms with Crippen molar-refractivity contribution in [3.8, 4) is 5.75 Å².